The Labute approximate surface area is 123 Å². The molecule has 0 aliphatic heterocycles. The highest BCUT2D eigenvalue weighted by atomic mass is 16.3. The van der Waals surface area contributed by atoms with Gasteiger partial charge in [-0.3, -0.25) is 9.48 Å². The number of hydrogen-bond acceptors (Lipinski definition) is 4. The second-order valence-corrected chi connectivity index (χ2v) is 5.19. The van der Waals surface area contributed by atoms with E-state index in [0.717, 1.165) is 11.1 Å². The molecule has 112 valence electrons. The van der Waals surface area contributed by atoms with E-state index in [1.807, 2.05) is 13.2 Å². The highest BCUT2D eigenvalue weighted by molar-refractivity contribution is 5.81. The molecule has 6 nitrogen and oxygen atoms in total. The fourth-order valence-corrected chi connectivity index (χ4v) is 2.16. The lowest BCUT2D eigenvalue weighted by Gasteiger charge is -2.20. The number of carbonyl (C=O) groups is 1. The topological polar surface area (TPSA) is 84.4 Å². The summed E-state index contributed by atoms with van der Waals surface area (Å²) in [6, 6.07) is 6.11. The number of nitrogens with zero attached hydrogens (tertiary/aromatic N) is 3. The number of carbonyl (C=O) groups excluding carboxylic acids is 1. The van der Waals surface area contributed by atoms with E-state index in [1.165, 1.54) is 0 Å². The number of amides is 1. The summed E-state index contributed by atoms with van der Waals surface area (Å²) >= 11 is 0. The second-order valence-electron chi connectivity index (χ2n) is 5.19. The molecule has 1 atom stereocenters. The number of rotatable bonds is 5. The van der Waals surface area contributed by atoms with Crippen LogP contribution in [0.4, 0.5) is 0 Å². The van der Waals surface area contributed by atoms with Gasteiger partial charge in [-0.25, -0.2) is 0 Å². The van der Waals surface area contributed by atoms with Gasteiger partial charge in [0.1, 0.15) is 5.75 Å². The Hall–Kier alpha value is -2.34. The molecular formula is C15H20N4O2. The third-order valence-electron chi connectivity index (χ3n) is 3.26. The quantitative estimate of drug-likeness (QED) is 0.846. The summed E-state index contributed by atoms with van der Waals surface area (Å²) in [5, 5.41) is 13.3. The summed E-state index contributed by atoms with van der Waals surface area (Å²) in [6.45, 7) is 0.482. The molecule has 6 heteroatoms. The maximum Gasteiger partial charge on any atom is 0.239 e. The summed E-state index contributed by atoms with van der Waals surface area (Å²) in [7, 11) is 3.56. The van der Waals surface area contributed by atoms with Crippen molar-refractivity contribution in [1.29, 1.82) is 0 Å². The second kappa shape index (κ2) is 6.41. The minimum Gasteiger partial charge on any atom is -0.508 e. The number of phenols is 1. The Morgan fingerprint density at radius 3 is 2.62 bits per heavy atom. The van der Waals surface area contributed by atoms with Crippen LogP contribution in [0.3, 0.4) is 0 Å². The van der Waals surface area contributed by atoms with Gasteiger partial charge >= 0.3 is 0 Å². The third kappa shape index (κ3) is 4.06. The molecule has 0 spiro atoms. The van der Waals surface area contributed by atoms with Crippen molar-refractivity contribution in [3.8, 4) is 5.75 Å². The summed E-state index contributed by atoms with van der Waals surface area (Å²) < 4.78 is 1.70. The SMILES string of the molecule is CN(Cc1cnn(C)c1)C(=O)[C@@H](N)Cc1ccc(O)cc1. The maximum absolute atomic E-state index is 12.2. The maximum atomic E-state index is 12.2. The standard InChI is InChI=1S/C15H20N4O2/c1-18(9-12-8-17-19(2)10-12)15(21)14(16)7-11-3-5-13(20)6-4-11/h3-6,8,10,14,20H,7,9,16H2,1-2H3/t14-/m0/s1. The van der Waals surface area contributed by atoms with Gasteiger partial charge in [0.2, 0.25) is 5.91 Å². The van der Waals surface area contributed by atoms with Gasteiger partial charge in [0.05, 0.1) is 12.2 Å². The smallest absolute Gasteiger partial charge is 0.239 e. The van der Waals surface area contributed by atoms with Crippen molar-refractivity contribution in [3.05, 3.63) is 47.8 Å². The zero-order chi connectivity index (χ0) is 15.4. The molecule has 0 saturated carbocycles. The first kappa shape index (κ1) is 15.1. The van der Waals surface area contributed by atoms with Crippen molar-refractivity contribution < 1.29 is 9.90 Å². The minimum atomic E-state index is -0.601. The minimum absolute atomic E-state index is 0.119. The van der Waals surface area contributed by atoms with Crippen LogP contribution in [0.15, 0.2) is 36.7 Å². The van der Waals surface area contributed by atoms with Crippen LogP contribution in [0.2, 0.25) is 0 Å². The summed E-state index contributed by atoms with van der Waals surface area (Å²) in [5.74, 6) is 0.0827. The molecule has 0 radical (unpaired) electrons. The highest BCUT2D eigenvalue weighted by Gasteiger charge is 2.19. The molecule has 0 unspecified atom stereocenters. The largest absolute Gasteiger partial charge is 0.508 e. The third-order valence-corrected chi connectivity index (χ3v) is 3.26. The number of nitrogens with two attached hydrogens (primary N) is 1. The van der Waals surface area contributed by atoms with Gasteiger partial charge in [0, 0.05) is 32.4 Å². The Bertz CT molecular complexity index is 606. The number of benzene rings is 1. The number of aryl methyl sites for hydroxylation is 1. The molecule has 1 aromatic carbocycles. The molecule has 21 heavy (non-hydrogen) atoms. The predicted octanol–water partition coefficient (Wildman–Crippen LogP) is 0.654. The van der Waals surface area contributed by atoms with E-state index in [4.69, 9.17) is 5.73 Å². The molecule has 2 aromatic rings. The van der Waals surface area contributed by atoms with Crippen LogP contribution in [0, 0.1) is 0 Å². The molecular weight excluding hydrogens is 268 g/mol. The zero-order valence-electron chi connectivity index (χ0n) is 12.2. The molecule has 1 heterocycles. The van der Waals surface area contributed by atoms with Crippen LogP contribution in [0.25, 0.3) is 0 Å². The first-order chi connectivity index (χ1) is 9.95. The van der Waals surface area contributed by atoms with Crippen molar-refractivity contribution in [2.24, 2.45) is 12.8 Å². The molecule has 3 N–H and O–H groups in total. The van der Waals surface area contributed by atoms with Crippen LogP contribution in [-0.4, -0.2) is 38.8 Å². The van der Waals surface area contributed by atoms with Crippen molar-refractivity contribution in [2.75, 3.05) is 7.05 Å². The van der Waals surface area contributed by atoms with Crippen molar-refractivity contribution >= 4 is 5.91 Å². The lowest BCUT2D eigenvalue weighted by Crippen LogP contribution is -2.42. The number of hydrogen-bond donors (Lipinski definition) is 2. The van der Waals surface area contributed by atoms with E-state index in [2.05, 4.69) is 5.10 Å². The number of aromatic nitrogens is 2. The monoisotopic (exact) mass is 288 g/mol. The van der Waals surface area contributed by atoms with Gasteiger partial charge in [-0.2, -0.15) is 5.10 Å². The van der Waals surface area contributed by atoms with E-state index >= 15 is 0 Å². The Morgan fingerprint density at radius 1 is 1.38 bits per heavy atom. The highest BCUT2D eigenvalue weighted by Crippen LogP contribution is 2.12. The van der Waals surface area contributed by atoms with Crippen LogP contribution < -0.4 is 5.73 Å². The average Bonchev–Trinajstić information content (AvgIpc) is 2.85. The summed E-state index contributed by atoms with van der Waals surface area (Å²) in [4.78, 5) is 13.8. The fraction of sp³-hybridized carbons (Fsp3) is 0.333. The van der Waals surface area contributed by atoms with Gasteiger partial charge in [-0.15, -0.1) is 0 Å². The van der Waals surface area contributed by atoms with E-state index in [9.17, 15) is 9.90 Å². The molecule has 0 fully saturated rings. The van der Waals surface area contributed by atoms with Crippen LogP contribution in [0.1, 0.15) is 11.1 Å². The van der Waals surface area contributed by atoms with E-state index in [-0.39, 0.29) is 11.7 Å². The number of phenolic OH excluding ortho intramolecular Hbond substituents is 1. The van der Waals surface area contributed by atoms with Gasteiger partial charge in [0.25, 0.3) is 0 Å². The molecule has 1 amide bonds. The van der Waals surface area contributed by atoms with E-state index in [0.29, 0.717) is 13.0 Å². The summed E-state index contributed by atoms with van der Waals surface area (Å²) in [6.07, 6.45) is 4.04. The van der Waals surface area contributed by atoms with Crippen molar-refractivity contribution in [3.63, 3.8) is 0 Å². The van der Waals surface area contributed by atoms with Gasteiger partial charge in [-0.1, -0.05) is 12.1 Å². The Kier molecular flexibility index (Phi) is 4.59. The normalized spacial score (nSPS) is 12.1. The molecule has 1 aromatic heterocycles. The molecule has 0 bridgehead atoms. The first-order valence-electron chi connectivity index (χ1n) is 6.71. The van der Waals surface area contributed by atoms with E-state index < -0.39 is 6.04 Å². The molecule has 0 aliphatic rings. The zero-order valence-corrected chi connectivity index (χ0v) is 12.2. The lowest BCUT2D eigenvalue weighted by atomic mass is 10.1. The number of aromatic hydroxyl groups is 1. The molecule has 0 saturated heterocycles. The van der Waals surface area contributed by atoms with Crippen LogP contribution in [-0.2, 0) is 24.8 Å². The average molecular weight is 288 g/mol. The Balaban J connectivity index is 1.93. The molecule has 2 rings (SSSR count). The first-order valence-corrected chi connectivity index (χ1v) is 6.71. The predicted molar refractivity (Wildman–Crippen MR) is 79.5 cm³/mol. The fourth-order valence-electron chi connectivity index (χ4n) is 2.16. The van der Waals surface area contributed by atoms with Gasteiger partial charge in [0.15, 0.2) is 0 Å². The van der Waals surface area contributed by atoms with Crippen molar-refractivity contribution in [1.82, 2.24) is 14.7 Å². The number of likely N-dealkylation sites (N-methyl/N-ethyl adjacent to an activating group) is 1. The molecule has 0 aliphatic carbocycles. The van der Waals surface area contributed by atoms with E-state index in [1.54, 1.807) is 47.1 Å². The van der Waals surface area contributed by atoms with Crippen molar-refractivity contribution in [2.45, 2.75) is 19.0 Å². The van der Waals surface area contributed by atoms with Crippen LogP contribution in [0.5, 0.6) is 5.75 Å². The Morgan fingerprint density at radius 2 is 2.05 bits per heavy atom. The van der Waals surface area contributed by atoms with Crippen LogP contribution >= 0.6 is 0 Å². The van der Waals surface area contributed by atoms with Gasteiger partial charge < -0.3 is 15.7 Å². The lowest BCUT2D eigenvalue weighted by molar-refractivity contribution is -0.131. The van der Waals surface area contributed by atoms with Gasteiger partial charge in [-0.05, 0) is 24.1 Å². The summed E-state index contributed by atoms with van der Waals surface area (Å²) in [5.41, 5.74) is 7.86.